The summed E-state index contributed by atoms with van der Waals surface area (Å²) < 4.78 is 28.5. The van der Waals surface area contributed by atoms with E-state index in [0.29, 0.717) is 6.54 Å². The van der Waals surface area contributed by atoms with Crippen molar-refractivity contribution in [3.63, 3.8) is 0 Å². The van der Waals surface area contributed by atoms with Gasteiger partial charge in [-0.2, -0.15) is 0 Å². The van der Waals surface area contributed by atoms with Crippen molar-refractivity contribution in [2.45, 2.75) is 13.1 Å². The summed E-state index contributed by atoms with van der Waals surface area (Å²) in [6.07, 6.45) is 3.33. The van der Waals surface area contributed by atoms with Gasteiger partial charge in [0.1, 0.15) is 11.6 Å². The Morgan fingerprint density at radius 1 is 1.29 bits per heavy atom. The smallest absolute Gasteiger partial charge is 0.131 e. The maximum Gasteiger partial charge on any atom is 0.131 e. The Labute approximate surface area is 98.1 Å². The van der Waals surface area contributed by atoms with Gasteiger partial charge in [0.25, 0.3) is 0 Å². The lowest BCUT2D eigenvalue weighted by molar-refractivity contribution is 0.544. The average molecular weight is 237 g/mol. The molecule has 3 nitrogen and oxygen atoms in total. The zero-order valence-corrected chi connectivity index (χ0v) is 9.45. The molecule has 1 N–H and O–H groups in total. The van der Waals surface area contributed by atoms with E-state index in [9.17, 15) is 8.78 Å². The number of hydrogen-bond acceptors (Lipinski definition) is 2. The van der Waals surface area contributed by atoms with Gasteiger partial charge in [-0.25, -0.2) is 13.8 Å². The highest BCUT2D eigenvalue weighted by Crippen LogP contribution is 2.13. The van der Waals surface area contributed by atoms with E-state index in [4.69, 9.17) is 0 Å². The zero-order valence-electron chi connectivity index (χ0n) is 9.45. The molecule has 0 atom stereocenters. The maximum absolute atomic E-state index is 13.4. The molecule has 5 heteroatoms. The molecule has 0 radical (unpaired) electrons. The van der Waals surface area contributed by atoms with Gasteiger partial charge in [0.2, 0.25) is 0 Å². The number of nitrogens with zero attached hydrogens (tertiary/aromatic N) is 2. The van der Waals surface area contributed by atoms with Crippen LogP contribution in [0.3, 0.4) is 0 Å². The Morgan fingerprint density at radius 3 is 2.65 bits per heavy atom. The van der Waals surface area contributed by atoms with E-state index >= 15 is 0 Å². The van der Waals surface area contributed by atoms with Crippen LogP contribution >= 0.6 is 0 Å². The Balaban J connectivity index is 2.19. The fourth-order valence-corrected chi connectivity index (χ4v) is 1.63. The largest absolute Gasteiger partial charge is 0.333 e. The number of benzene rings is 1. The molecular weight excluding hydrogens is 224 g/mol. The third kappa shape index (κ3) is 2.68. The summed E-state index contributed by atoms with van der Waals surface area (Å²) >= 11 is 0. The normalized spacial score (nSPS) is 10.8. The van der Waals surface area contributed by atoms with Crippen molar-refractivity contribution in [2.75, 3.05) is 7.05 Å². The summed E-state index contributed by atoms with van der Waals surface area (Å²) in [6.45, 7) is 0.780. The Bertz CT molecular complexity index is 488. The lowest BCUT2D eigenvalue weighted by atomic mass is 10.2. The van der Waals surface area contributed by atoms with Crippen LogP contribution < -0.4 is 5.32 Å². The number of rotatable bonds is 4. The second-order valence-electron chi connectivity index (χ2n) is 3.77. The minimum atomic E-state index is -0.533. The van der Waals surface area contributed by atoms with Crippen LogP contribution in [0.25, 0.3) is 0 Å². The summed E-state index contributed by atoms with van der Waals surface area (Å²) in [7, 11) is 1.82. The molecule has 0 unspecified atom stereocenters. The zero-order chi connectivity index (χ0) is 12.3. The van der Waals surface area contributed by atoms with Gasteiger partial charge in [-0.3, -0.25) is 0 Å². The van der Waals surface area contributed by atoms with Crippen molar-refractivity contribution in [3.05, 3.63) is 53.6 Å². The molecule has 1 heterocycles. The fraction of sp³-hybridized carbons (Fsp3) is 0.250. The molecule has 0 fully saturated rings. The first-order chi connectivity index (χ1) is 8.20. The molecule has 0 saturated carbocycles. The summed E-state index contributed by atoms with van der Waals surface area (Å²) in [5.41, 5.74) is 0.894. The third-order valence-corrected chi connectivity index (χ3v) is 2.45. The quantitative estimate of drug-likeness (QED) is 0.880. The lowest BCUT2D eigenvalue weighted by Crippen LogP contribution is -2.05. The lowest BCUT2D eigenvalue weighted by Gasteiger charge is -2.05. The predicted molar refractivity (Wildman–Crippen MR) is 60.5 cm³/mol. The maximum atomic E-state index is 13.4. The standard InChI is InChI=1S/C12H13F2N3/c1-15-5-9-6-17(8-16-9)7-10-11(13)3-2-4-12(10)14/h2-4,6,8,15H,5,7H2,1H3. The molecule has 0 amide bonds. The monoisotopic (exact) mass is 237 g/mol. The first-order valence-electron chi connectivity index (χ1n) is 5.29. The van der Waals surface area contributed by atoms with Crippen molar-refractivity contribution >= 4 is 0 Å². The van der Waals surface area contributed by atoms with E-state index in [1.165, 1.54) is 18.2 Å². The molecule has 1 aromatic carbocycles. The van der Waals surface area contributed by atoms with Gasteiger partial charge in [-0.05, 0) is 19.2 Å². The summed E-state index contributed by atoms with van der Waals surface area (Å²) in [6, 6.07) is 3.86. The average Bonchev–Trinajstić information content (AvgIpc) is 2.72. The number of nitrogens with one attached hydrogen (secondary N) is 1. The Hall–Kier alpha value is -1.75. The first-order valence-corrected chi connectivity index (χ1v) is 5.29. The van der Waals surface area contributed by atoms with Crippen LogP contribution in [-0.4, -0.2) is 16.6 Å². The number of hydrogen-bond donors (Lipinski definition) is 1. The van der Waals surface area contributed by atoms with Crippen molar-refractivity contribution in [2.24, 2.45) is 0 Å². The van der Waals surface area contributed by atoms with Crippen molar-refractivity contribution in [1.82, 2.24) is 14.9 Å². The van der Waals surface area contributed by atoms with Crippen molar-refractivity contribution < 1.29 is 8.78 Å². The number of imidazole rings is 1. The van der Waals surface area contributed by atoms with E-state index in [2.05, 4.69) is 10.3 Å². The van der Waals surface area contributed by atoms with Gasteiger partial charge in [0, 0.05) is 18.3 Å². The van der Waals surface area contributed by atoms with Crippen LogP contribution in [0.4, 0.5) is 8.78 Å². The Kier molecular flexibility index (Phi) is 3.49. The molecule has 0 aliphatic carbocycles. The molecule has 1 aromatic heterocycles. The van der Waals surface area contributed by atoms with E-state index in [1.807, 2.05) is 7.05 Å². The molecule has 0 aliphatic rings. The minimum absolute atomic E-state index is 0.0564. The number of aromatic nitrogens is 2. The summed E-state index contributed by atoms with van der Waals surface area (Å²) in [4.78, 5) is 4.12. The highest BCUT2D eigenvalue weighted by molar-refractivity contribution is 5.20. The molecule has 0 aliphatic heterocycles. The van der Waals surface area contributed by atoms with Crippen LogP contribution in [0.5, 0.6) is 0 Å². The van der Waals surface area contributed by atoms with Crippen molar-refractivity contribution in [1.29, 1.82) is 0 Å². The molecular formula is C12H13F2N3. The molecule has 2 aromatic rings. The van der Waals surface area contributed by atoms with Crippen LogP contribution in [0, 0.1) is 11.6 Å². The molecule has 17 heavy (non-hydrogen) atoms. The van der Waals surface area contributed by atoms with E-state index in [1.54, 1.807) is 17.1 Å². The van der Waals surface area contributed by atoms with Gasteiger partial charge in [0.05, 0.1) is 18.6 Å². The SMILES string of the molecule is CNCc1cn(Cc2c(F)cccc2F)cn1. The summed E-state index contributed by atoms with van der Waals surface area (Å²) in [5.74, 6) is -1.07. The van der Waals surface area contributed by atoms with Gasteiger partial charge in [-0.15, -0.1) is 0 Å². The molecule has 2 rings (SSSR count). The highest BCUT2D eigenvalue weighted by atomic mass is 19.1. The molecule has 0 saturated heterocycles. The topological polar surface area (TPSA) is 29.9 Å². The predicted octanol–water partition coefficient (Wildman–Crippen LogP) is 1.93. The minimum Gasteiger partial charge on any atom is -0.333 e. The Morgan fingerprint density at radius 2 is 2.00 bits per heavy atom. The molecule has 0 bridgehead atoms. The van der Waals surface area contributed by atoms with Crippen molar-refractivity contribution in [3.8, 4) is 0 Å². The first kappa shape index (κ1) is 11.7. The number of halogens is 2. The second kappa shape index (κ2) is 5.05. The van der Waals surface area contributed by atoms with E-state index in [-0.39, 0.29) is 12.1 Å². The van der Waals surface area contributed by atoms with Crippen LogP contribution in [-0.2, 0) is 13.1 Å². The summed E-state index contributed by atoms with van der Waals surface area (Å²) in [5, 5.41) is 2.96. The van der Waals surface area contributed by atoms with Gasteiger partial charge in [0.15, 0.2) is 0 Å². The molecule has 90 valence electrons. The third-order valence-electron chi connectivity index (χ3n) is 2.45. The van der Waals surface area contributed by atoms with Gasteiger partial charge >= 0.3 is 0 Å². The highest BCUT2D eigenvalue weighted by Gasteiger charge is 2.09. The molecule has 0 spiro atoms. The second-order valence-corrected chi connectivity index (χ2v) is 3.77. The van der Waals surface area contributed by atoms with Gasteiger partial charge < -0.3 is 9.88 Å². The van der Waals surface area contributed by atoms with Crippen LogP contribution in [0.2, 0.25) is 0 Å². The van der Waals surface area contributed by atoms with Gasteiger partial charge in [-0.1, -0.05) is 6.07 Å². The van der Waals surface area contributed by atoms with Crippen LogP contribution in [0.15, 0.2) is 30.7 Å². The van der Waals surface area contributed by atoms with Crippen LogP contribution in [0.1, 0.15) is 11.3 Å². The fourth-order valence-electron chi connectivity index (χ4n) is 1.63. The van der Waals surface area contributed by atoms with E-state index in [0.717, 1.165) is 5.69 Å². The van der Waals surface area contributed by atoms with E-state index < -0.39 is 11.6 Å².